The van der Waals surface area contributed by atoms with Crippen molar-refractivity contribution in [3.63, 3.8) is 0 Å². The van der Waals surface area contributed by atoms with Gasteiger partial charge in [-0.2, -0.15) is 9.78 Å². The number of aliphatic hydroxyl groups excluding tert-OH is 1. The van der Waals surface area contributed by atoms with Crippen LogP contribution in [-0.4, -0.2) is 69.9 Å². The molecular formula is C24H31ClN4O5. The van der Waals surface area contributed by atoms with Crippen LogP contribution in [0.5, 0.6) is 5.75 Å². The number of rotatable bonds is 4. The predicted octanol–water partition coefficient (Wildman–Crippen LogP) is 3.24. The van der Waals surface area contributed by atoms with Crippen LogP contribution in [0.15, 0.2) is 35.3 Å². The van der Waals surface area contributed by atoms with Crippen LogP contribution in [0.2, 0.25) is 5.02 Å². The maximum Gasteiger partial charge on any atom is 0.410 e. The molecule has 2 fully saturated rings. The Kier molecular flexibility index (Phi) is 7.04. The van der Waals surface area contributed by atoms with Crippen molar-refractivity contribution in [3.8, 4) is 11.4 Å². The molecule has 2 heterocycles. The van der Waals surface area contributed by atoms with Gasteiger partial charge in [-0.15, -0.1) is 0 Å². The summed E-state index contributed by atoms with van der Waals surface area (Å²) < 4.78 is 12.9. The molecule has 2 aliphatic rings. The van der Waals surface area contributed by atoms with Crippen LogP contribution in [0, 0.1) is 0 Å². The van der Waals surface area contributed by atoms with Gasteiger partial charge in [0.15, 0.2) is 0 Å². The van der Waals surface area contributed by atoms with Gasteiger partial charge in [-0.05, 0) is 51.8 Å². The molecule has 1 aromatic carbocycles. The Morgan fingerprint density at radius 2 is 1.91 bits per heavy atom. The maximum absolute atomic E-state index is 13.5. The number of carbonyl (C=O) groups excluding carboxylic acids is 1. The SMILES string of the molecule is CC(C)(C)OC(=O)N1CCN(c2cnn(-c3cccc(Cl)c3)c(=O)c2OC2CCC(O)C2)CC1. The predicted molar refractivity (Wildman–Crippen MR) is 129 cm³/mol. The first-order valence-corrected chi connectivity index (χ1v) is 11.9. The van der Waals surface area contributed by atoms with E-state index in [-0.39, 0.29) is 17.9 Å². The molecule has 1 saturated heterocycles. The summed E-state index contributed by atoms with van der Waals surface area (Å²) in [5.74, 6) is 0.194. The molecular weight excluding hydrogens is 460 g/mol. The van der Waals surface area contributed by atoms with E-state index in [0.717, 1.165) is 0 Å². The van der Waals surface area contributed by atoms with Gasteiger partial charge in [0.05, 0.1) is 18.0 Å². The molecule has 1 N–H and O–H groups in total. The molecule has 184 valence electrons. The smallest absolute Gasteiger partial charge is 0.410 e. The second-order valence-corrected chi connectivity index (χ2v) is 10.2. The number of benzene rings is 1. The summed E-state index contributed by atoms with van der Waals surface area (Å²) in [6.45, 7) is 7.43. The average Bonchev–Trinajstić information content (AvgIpc) is 3.19. The molecule has 1 aromatic heterocycles. The Hall–Kier alpha value is -2.78. The molecule has 0 bridgehead atoms. The number of hydrogen-bond donors (Lipinski definition) is 1. The van der Waals surface area contributed by atoms with Crippen molar-refractivity contribution in [1.82, 2.24) is 14.7 Å². The fraction of sp³-hybridized carbons (Fsp3) is 0.542. The van der Waals surface area contributed by atoms with Gasteiger partial charge in [0, 0.05) is 37.6 Å². The fourth-order valence-electron chi connectivity index (χ4n) is 4.20. The molecule has 1 saturated carbocycles. The van der Waals surface area contributed by atoms with Crippen LogP contribution in [0.4, 0.5) is 10.5 Å². The lowest BCUT2D eigenvalue weighted by Gasteiger charge is -2.37. The third-order valence-corrected chi connectivity index (χ3v) is 6.12. The average molecular weight is 491 g/mol. The first-order chi connectivity index (χ1) is 16.1. The largest absolute Gasteiger partial charge is 0.483 e. The summed E-state index contributed by atoms with van der Waals surface area (Å²) in [4.78, 5) is 29.6. The maximum atomic E-state index is 13.5. The highest BCUT2D eigenvalue weighted by Crippen LogP contribution is 2.30. The van der Waals surface area contributed by atoms with E-state index in [1.165, 1.54) is 4.68 Å². The third kappa shape index (κ3) is 5.64. The monoisotopic (exact) mass is 490 g/mol. The van der Waals surface area contributed by atoms with Crippen LogP contribution in [0.25, 0.3) is 5.69 Å². The minimum absolute atomic E-state index is 0.194. The van der Waals surface area contributed by atoms with E-state index in [9.17, 15) is 14.7 Å². The number of nitrogens with zero attached hydrogens (tertiary/aromatic N) is 4. The molecule has 34 heavy (non-hydrogen) atoms. The number of carbonyl (C=O) groups is 1. The zero-order valence-electron chi connectivity index (χ0n) is 19.7. The summed E-state index contributed by atoms with van der Waals surface area (Å²) >= 11 is 6.12. The number of ether oxygens (including phenoxy) is 2. The molecule has 0 radical (unpaired) electrons. The summed E-state index contributed by atoms with van der Waals surface area (Å²) in [5, 5.41) is 14.8. The van der Waals surface area contributed by atoms with E-state index >= 15 is 0 Å². The van der Waals surface area contributed by atoms with Crippen LogP contribution in [0.1, 0.15) is 40.0 Å². The highest BCUT2D eigenvalue weighted by atomic mass is 35.5. The number of aromatic nitrogens is 2. The Labute approximate surface area is 203 Å². The zero-order valence-corrected chi connectivity index (χ0v) is 20.5. The minimum Gasteiger partial charge on any atom is -0.483 e. The van der Waals surface area contributed by atoms with Crippen molar-refractivity contribution >= 4 is 23.4 Å². The molecule has 1 aliphatic carbocycles. The zero-order chi connectivity index (χ0) is 24.5. The third-order valence-electron chi connectivity index (χ3n) is 5.88. The van der Waals surface area contributed by atoms with Crippen molar-refractivity contribution in [3.05, 3.63) is 45.8 Å². The Bertz CT molecular complexity index is 1090. The van der Waals surface area contributed by atoms with Crippen LogP contribution < -0.4 is 15.2 Å². The lowest BCUT2D eigenvalue weighted by atomic mass is 10.2. The molecule has 2 aromatic rings. The molecule has 2 atom stereocenters. The lowest BCUT2D eigenvalue weighted by molar-refractivity contribution is 0.0240. The number of aliphatic hydroxyl groups is 1. The van der Waals surface area contributed by atoms with Gasteiger partial charge >= 0.3 is 11.7 Å². The first kappa shape index (κ1) is 24.3. The standard InChI is InChI=1S/C24H31ClN4O5/c1-24(2,3)34-23(32)28-11-9-27(10-12-28)20-15-26-29(17-6-4-5-16(25)13-17)22(31)21(20)33-19-8-7-18(30)14-19/h4-6,13,15,18-19,30H,7-12,14H2,1-3H3. The highest BCUT2D eigenvalue weighted by molar-refractivity contribution is 6.30. The number of hydrogen-bond acceptors (Lipinski definition) is 7. The Balaban J connectivity index is 1.60. The minimum atomic E-state index is -0.560. The van der Waals surface area contributed by atoms with Gasteiger partial charge in [0.2, 0.25) is 5.75 Å². The molecule has 1 aliphatic heterocycles. The van der Waals surface area contributed by atoms with Gasteiger partial charge in [-0.3, -0.25) is 4.79 Å². The topological polar surface area (TPSA) is 97.1 Å². The first-order valence-electron chi connectivity index (χ1n) is 11.6. The molecule has 1 amide bonds. The van der Waals surface area contributed by atoms with Gasteiger partial charge in [0.1, 0.15) is 17.4 Å². The molecule has 2 unspecified atom stereocenters. The van der Waals surface area contributed by atoms with Crippen LogP contribution in [0.3, 0.4) is 0 Å². The summed E-state index contributed by atoms with van der Waals surface area (Å²) in [5.41, 5.74) is 0.162. The highest BCUT2D eigenvalue weighted by Gasteiger charge is 2.31. The van der Waals surface area contributed by atoms with Crippen molar-refractivity contribution < 1.29 is 19.4 Å². The summed E-state index contributed by atoms with van der Waals surface area (Å²) in [6.07, 6.45) is 2.38. The second kappa shape index (κ2) is 9.84. The lowest BCUT2D eigenvalue weighted by Crippen LogP contribution is -2.50. The number of halogens is 1. The van der Waals surface area contributed by atoms with Gasteiger partial charge in [0.25, 0.3) is 0 Å². The molecule has 0 spiro atoms. The van der Waals surface area contributed by atoms with E-state index in [0.29, 0.717) is 61.8 Å². The molecule has 4 rings (SSSR count). The van der Waals surface area contributed by atoms with Crippen molar-refractivity contribution in [2.45, 2.75) is 57.8 Å². The normalized spacial score (nSPS) is 21.0. The summed E-state index contributed by atoms with van der Waals surface area (Å²) in [7, 11) is 0. The molecule has 10 heteroatoms. The van der Waals surface area contributed by atoms with Gasteiger partial charge in [-0.1, -0.05) is 17.7 Å². The van der Waals surface area contributed by atoms with Crippen molar-refractivity contribution in [2.24, 2.45) is 0 Å². The quantitative estimate of drug-likeness (QED) is 0.702. The fourth-order valence-corrected chi connectivity index (χ4v) is 4.39. The van der Waals surface area contributed by atoms with Gasteiger partial charge < -0.3 is 24.4 Å². The van der Waals surface area contributed by atoms with E-state index in [4.69, 9.17) is 21.1 Å². The van der Waals surface area contributed by atoms with E-state index in [1.807, 2.05) is 25.7 Å². The Morgan fingerprint density at radius 3 is 2.53 bits per heavy atom. The summed E-state index contributed by atoms with van der Waals surface area (Å²) in [6, 6.07) is 6.90. The number of anilines is 1. The van der Waals surface area contributed by atoms with E-state index in [1.54, 1.807) is 35.4 Å². The Morgan fingerprint density at radius 1 is 1.18 bits per heavy atom. The van der Waals surface area contributed by atoms with E-state index in [2.05, 4.69) is 5.10 Å². The van der Waals surface area contributed by atoms with E-state index < -0.39 is 17.3 Å². The van der Waals surface area contributed by atoms with Crippen molar-refractivity contribution in [2.75, 3.05) is 31.1 Å². The van der Waals surface area contributed by atoms with Gasteiger partial charge in [-0.25, -0.2) is 4.79 Å². The molecule has 9 nitrogen and oxygen atoms in total. The van der Waals surface area contributed by atoms with Crippen LogP contribution in [-0.2, 0) is 4.74 Å². The number of amides is 1. The second-order valence-electron chi connectivity index (χ2n) is 9.72. The van der Waals surface area contributed by atoms with Crippen molar-refractivity contribution in [1.29, 1.82) is 0 Å². The van der Waals surface area contributed by atoms with Crippen LogP contribution >= 0.6 is 11.6 Å². The number of piperazine rings is 1.